The predicted octanol–water partition coefficient (Wildman–Crippen LogP) is 5.62. The molecule has 1 aliphatic rings. The van der Waals surface area contributed by atoms with Gasteiger partial charge in [-0.15, -0.1) is 0 Å². The average Bonchev–Trinajstić information content (AvgIpc) is 2.86. The second kappa shape index (κ2) is 6.19. The Bertz CT molecular complexity index is 729. The van der Waals surface area contributed by atoms with E-state index >= 15 is 0 Å². The SMILES string of the molecule is O=C(c1cn(CC2CCCCC2)c2c(Cl)cccc12)C(F)(F)F. The second-order valence-electron chi connectivity index (χ2n) is 6.16. The molecule has 2 nitrogen and oxygen atoms in total. The highest BCUT2D eigenvalue weighted by Crippen LogP contribution is 2.34. The maximum Gasteiger partial charge on any atom is 0.454 e. The van der Waals surface area contributed by atoms with Gasteiger partial charge in [-0.05, 0) is 24.8 Å². The van der Waals surface area contributed by atoms with E-state index in [4.69, 9.17) is 11.6 Å². The lowest BCUT2D eigenvalue weighted by molar-refractivity contribution is -0.0884. The highest BCUT2D eigenvalue weighted by atomic mass is 35.5. The number of para-hydroxylation sites is 1. The first-order valence-electron chi connectivity index (χ1n) is 7.77. The largest absolute Gasteiger partial charge is 0.454 e. The van der Waals surface area contributed by atoms with Gasteiger partial charge in [0.2, 0.25) is 0 Å². The molecular formula is C17H17ClF3NO. The van der Waals surface area contributed by atoms with E-state index in [1.807, 2.05) is 0 Å². The Morgan fingerprint density at radius 2 is 1.91 bits per heavy atom. The van der Waals surface area contributed by atoms with Crippen LogP contribution < -0.4 is 0 Å². The van der Waals surface area contributed by atoms with Crippen LogP contribution in [-0.4, -0.2) is 16.5 Å². The molecule has 23 heavy (non-hydrogen) atoms. The molecule has 0 unspecified atom stereocenters. The van der Waals surface area contributed by atoms with Crippen LogP contribution in [0.2, 0.25) is 5.02 Å². The van der Waals surface area contributed by atoms with Crippen LogP contribution in [0.15, 0.2) is 24.4 Å². The summed E-state index contributed by atoms with van der Waals surface area (Å²) in [7, 11) is 0. The molecule has 1 aliphatic carbocycles. The Morgan fingerprint density at radius 1 is 1.22 bits per heavy atom. The normalized spacial score (nSPS) is 16.9. The summed E-state index contributed by atoms with van der Waals surface area (Å²) in [5.41, 5.74) is 0.207. The number of hydrogen-bond donors (Lipinski definition) is 0. The molecular weight excluding hydrogens is 327 g/mol. The van der Waals surface area contributed by atoms with Crippen LogP contribution in [0, 0.1) is 5.92 Å². The maximum absolute atomic E-state index is 12.8. The summed E-state index contributed by atoms with van der Waals surface area (Å²) in [5.74, 6) is -1.39. The quantitative estimate of drug-likeness (QED) is 0.663. The first-order valence-corrected chi connectivity index (χ1v) is 8.14. The van der Waals surface area contributed by atoms with E-state index < -0.39 is 12.0 Å². The Kier molecular flexibility index (Phi) is 4.41. The smallest absolute Gasteiger partial charge is 0.345 e. The minimum absolute atomic E-state index is 0.274. The van der Waals surface area contributed by atoms with Gasteiger partial charge in [-0.25, -0.2) is 0 Å². The zero-order valence-corrected chi connectivity index (χ0v) is 13.3. The molecule has 1 fully saturated rings. The third-order valence-electron chi connectivity index (χ3n) is 4.53. The molecule has 6 heteroatoms. The molecule has 0 N–H and O–H groups in total. The molecule has 0 spiro atoms. The van der Waals surface area contributed by atoms with Crippen LogP contribution in [0.4, 0.5) is 13.2 Å². The Hall–Kier alpha value is -1.49. The van der Waals surface area contributed by atoms with Gasteiger partial charge in [0.25, 0.3) is 5.78 Å². The van der Waals surface area contributed by atoms with Crippen LogP contribution in [0.25, 0.3) is 10.9 Å². The van der Waals surface area contributed by atoms with Crippen LogP contribution in [0.5, 0.6) is 0 Å². The number of benzene rings is 1. The lowest BCUT2D eigenvalue weighted by Crippen LogP contribution is -2.22. The number of Topliss-reactive ketones (excluding diaryl/α,β-unsaturated/α-hetero) is 1. The van der Waals surface area contributed by atoms with Crippen molar-refractivity contribution in [2.24, 2.45) is 5.92 Å². The molecule has 0 radical (unpaired) electrons. The van der Waals surface area contributed by atoms with E-state index in [0.29, 0.717) is 23.0 Å². The Morgan fingerprint density at radius 3 is 2.57 bits per heavy atom. The molecule has 2 aromatic rings. The predicted molar refractivity (Wildman–Crippen MR) is 83.9 cm³/mol. The number of aromatic nitrogens is 1. The second-order valence-corrected chi connectivity index (χ2v) is 6.57. The zero-order valence-electron chi connectivity index (χ0n) is 12.5. The minimum Gasteiger partial charge on any atom is -0.345 e. The first kappa shape index (κ1) is 16.4. The number of halogens is 4. The van der Waals surface area contributed by atoms with Gasteiger partial charge in [0.15, 0.2) is 0 Å². The molecule has 1 saturated carbocycles. The van der Waals surface area contributed by atoms with Crippen molar-refractivity contribution in [3.8, 4) is 0 Å². The summed E-state index contributed by atoms with van der Waals surface area (Å²) in [6.45, 7) is 0.603. The monoisotopic (exact) mass is 343 g/mol. The lowest BCUT2D eigenvalue weighted by atomic mass is 9.89. The van der Waals surface area contributed by atoms with Gasteiger partial charge < -0.3 is 4.57 Å². The van der Waals surface area contributed by atoms with Gasteiger partial charge in [-0.3, -0.25) is 4.79 Å². The summed E-state index contributed by atoms with van der Waals surface area (Å²) < 4.78 is 40.2. The first-order chi connectivity index (χ1) is 10.9. The molecule has 0 bridgehead atoms. The maximum atomic E-state index is 12.8. The molecule has 1 heterocycles. The number of rotatable bonds is 3. The van der Waals surface area contributed by atoms with Crippen LogP contribution in [-0.2, 0) is 6.54 Å². The molecule has 0 saturated heterocycles. The van der Waals surface area contributed by atoms with E-state index in [-0.39, 0.29) is 10.9 Å². The van der Waals surface area contributed by atoms with E-state index in [1.54, 1.807) is 16.7 Å². The topological polar surface area (TPSA) is 22.0 Å². The summed E-state index contributed by atoms with van der Waals surface area (Å²) in [6.07, 6.45) is 2.06. The third-order valence-corrected chi connectivity index (χ3v) is 4.84. The number of ketones is 1. The molecule has 0 aliphatic heterocycles. The summed E-state index contributed by atoms with van der Waals surface area (Å²) in [6, 6.07) is 4.74. The fourth-order valence-corrected chi connectivity index (χ4v) is 3.72. The molecule has 0 atom stereocenters. The number of alkyl halides is 3. The van der Waals surface area contributed by atoms with E-state index in [2.05, 4.69) is 0 Å². The zero-order chi connectivity index (χ0) is 16.6. The lowest BCUT2D eigenvalue weighted by Gasteiger charge is -2.22. The van der Waals surface area contributed by atoms with Crippen molar-refractivity contribution < 1.29 is 18.0 Å². The van der Waals surface area contributed by atoms with Crippen LogP contribution >= 0.6 is 11.6 Å². The summed E-state index contributed by atoms with van der Waals surface area (Å²) in [4.78, 5) is 11.7. The van der Waals surface area contributed by atoms with Crippen LogP contribution in [0.3, 0.4) is 0 Å². The van der Waals surface area contributed by atoms with Crippen molar-refractivity contribution in [3.63, 3.8) is 0 Å². The minimum atomic E-state index is -4.88. The molecule has 1 aromatic carbocycles. The number of nitrogens with zero attached hydrogens (tertiary/aromatic N) is 1. The number of carbonyl (C=O) groups is 1. The van der Waals surface area contributed by atoms with Crippen molar-refractivity contribution in [3.05, 3.63) is 35.0 Å². The molecule has 1 aromatic heterocycles. The van der Waals surface area contributed by atoms with Gasteiger partial charge >= 0.3 is 6.18 Å². The van der Waals surface area contributed by atoms with Crippen molar-refractivity contribution in [1.82, 2.24) is 4.57 Å². The highest BCUT2D eigenvalue weighted by molar-refractivity contribution is 6.35. The van der Waals surface area contributed by atoms with Gasteiger partial charge in [0, 0.05) is 18.1 Å². The van der Waals surface area contributed by atoms with Crippen molar-refractivity contribution in [1.29, 1.82) is 0 Å². The number of fused-ring (bicyclic) bond motifs is 1. The standard InChI is InChI=1S/C17H17ClF3NO/c18-14-8-4-7-12-13(16(23)17(19,20)21)10-22(15(12)14)9-11-5-2-1-3-6-11/h4,7-8,10-11H,1-3,5-6,9H2. The number of hydrogen-bond acceptors (Lipinski definition) is 1. The van der Waals surface area contributed by atoms with Crippen molar-refractivity contribution in [2.75, 3.05) is 0 Å². The number of carbonyl (C=O) groups excluding carboxylic acids is 1. The van der Waals surface area contributed by atoms with Crippen molar-refractivity contribution >= 4 is 28.3 Å². The van der Waals surface area contributed by atoms with Gasteiger partial charge in [-0.2, -0.15) is 13.2 Å². The molecule has 3 rings (SSSR count). The fourth-order valence-electron chi connectivity index (χ4n) is 3.44. The fraction of sp³-hybridized carbons (Fsp3) is 0.471. The average molecular weight is 344 g/mol. The van der Waals surface area contributed by atoms with Gasteiger partial charge in [0.1, 0.15) is 0 Å². The molecule has 124 valence electrons. The summed E-state index contributed by atoms with van der Waals surface area (Å²) in [5, 5.41) is 0.648. The highest BCUT2D eigenvalue weighted by Gasteiger charge is 2.41. The van der Waals surface area contributed by atoms with E-state index in [9.17, 15) is 18.0 Å². The van der Waals surface area contributed by atoms with Gasteiger partial charge in [0.05, 0.1) is 16.1 Å². The summed E-state index contributed by atoms with van der Waals surface area (Å²) >= 11 is 6.20. The van der Waals surface area contributed by atoms with Crippen molar-refractivity contribution in [2.45, 2.75) is 44.8 Å². The van der Waals surface area contributed by atoms with E-state index in [1.165, 1.54) is 18.7 Å². The Labute approximate surface area is 137 Å². The third kappa shape index (κ3) is 3.25. The van der Waals surface area contributed by atoms with Gasteiger partial charge in [-0.1, -0.05) is 43.0 Å². The van der Waals surface area contributed by atoms with Crippen LogP contribution in [0.1, 0.15) is 42.5 Å². The molecule has 0 amide bonds. The Balaban J connectivity index is 2.05. The van der Waals surface area contributed by atoms with E-state index in [0.717, 1.165) is 25.7 Å².